The van der Waals surface area contributed by atoms with Crippen molar-refractivity contribution in [1.82, 2.24) is 4.98 Å². The van der Waals surface area contributed by atoms with Gasteiger partial charge >= 0.3 is 0 Å². The first-order chi connectivity index (χ1) is 11.5. The molecule has 0 unspecified atom stereocenters. The number of hydrogen-bond acceptors (Lipinski definition) is 3. The van der Waals surface area contributed by atoms with Crippen molar-refractivity contribution in [1.29, 1.82) is 0 Å². The van der Waals surface area contributed by atoms with E-state index in [1.807, 2.05) is 6.07 Å². The first kappa shape index (κ1) is 18.8. The number of halogens is 1. The average molecular weight is 347 g/mol. The summed E-state index contributed by atoms with van der Waals surface area (Å²) in [4.78, 5) is 4.25. The number of nitrogens with zero attached hydrogens (tertiary/aromatic N) is 1. The molecule has 24 heavy (non-hydrogen) atoms. The summed E-state index contributed by atoms with van der Waals surface area (Å²) in [5.41, 5.74) is 6.01. The third-order valence-corrected chi connectivity index (χ3v) is 4.65. The number of aromatic nitrogens is 1. The van der Waals surface area contributed by atoms with Gasteiger partial charge < -0.3 is 10.1 Å². The molecule has 0 aliphatic carbocycles. The fourth-order valence-corrected chi connectivity index (χ4v) is 3.19. The fraction of sp³-hybridized carbons (Fsp3) is 0.450. The Morgan fingerprint density at radius 1 is 1.25 bits per heavy atom. The molecule has 0 bridgehead atoms. The number of anilines is 1. The van der Waals surface area contributed by atoms with Gasteiger partial charge in [0.2, 0.25) is 0 Å². The molecule has 3 nitrogen and oxygen atoms in total. The monoisotopic (exact) mass is 346 g/mol. The second-order valence-corrected chi connectivity index (χ2v) is 6.76. The molecule has 0 amide bonds. The molecule has 0 atom stereocenters. The molecular formula is C20H27ClN2O. The predicted octanol–water partition coefficient (Wildman–Crippen LogP) is 5.36. The summed E-state index contributed by atoms with van der Waals surface area (Å²) in [6.07, 6.45) is 3.89. The van der Waals surface area contributed by atoms with Crippen molar-refractivity contribution in [2.75, 3.05) is 19.0 Å². The summed E-state index contributed by atoms with van der Waals surface area (Å²) in [7, 11) is 1.65. The minimum atomic E-state index is 0.426. The largest absolute Gasteiger partial charge is 0.384 e. The van der Waals surface area contributed by atoms with Crippen molar-refractivity contribution in [2.45, 2.75) is 46.1 Å². The molecular weight excluding hydrogens is 320 g/mol. The summed E-state index contributed by atoms with van der Waals surface area (Å²) < 4.78 is 5.12. The predicted molar refractivity (Wildman–Crippen MR) is 102 cm³/mol. The smallest absolute Gasteiger partial charge is 0.0900 e. The minimum Gasteiger partial charge on any atom is -0.384 e. The van der Waals surface area contributed by atoms with Crippen molar-refractivity contribution >= 4 is 17.3 Å². The van der Waals surface area contributed by atoms with E-state index in [4.69, 9.17) is 16.3 Å². The van der Waals surface area contributed by atoms with Crippen LogP contribution in [0, 0.1) is 6.92 Å². The van der Waals surface area contributed by atoms with Crippen molar-refractivity contribution < 1.29 is 4.74 Å². The van der Waals surface area contributed by atoms with Gasteiger partial charge in [-0.1, -0.05) is 43.6 Å². The SMILES string of the molecule is COCc1nccc(NCCCc2c(C)cccc2C(C)C)c1Cl. The normalized spacial score (nSPS) is 11.1. The maximum atomic E-state index is 6.37. The van der Waals surface area contributed by atoms with E-state index in [0.717, 1.165) is 30.8 Å². The van der Waals surface area contributed by atoms with E-state index in [-0.39, 0.29) is 0 Å². The topological polar surface area (TPSA) is 34.1 Å². The van der Waals surface area contributed by atoms with E-state index in [1.165, 1.54) is 16.7 Å². The van der Waals surface area contributed by atoms with E-state index in [0.29, 0.717) is 17.5 Å². The van der Waals surface area contributed by atoms with Crippen molar-refractivity contribution in [3.05, 3.63) is 57.9 Å². The van der Waals surface area contributed by atoms with Crippen LogP contribution < -0.4 is 5.32 Å². The molecule has 1 N–H and O–H groups in total. The number of rotatable bonds is 8. The van der Waals surface area contributed by atoms with Gasteiger partial charge in [0, 0.05) is 19.9 Å². The van der Waals surface area contributed by atoms with E-state index in [1.54, 1.807) is 13.3 Å². The zero-order chi connectivity index (χ0) is 17.5. The first-order valence-corrected chi connectivity index (χ1v) is 8.87. The van der Waals surface area contributed by atoms with Gasteiger partial charge in [-0.2, -0.15) is 0 Å². The second kappa shape index (κ2) is 9.05. The van der Waals surface area contributed by atoms with Crippen LogP contribution in [0.1, 0.15) is 48.6 Å². The van der Waals surface area contributed by atoms with Crippen LogP contribution in [0.25, 0.3) is 0 Å². The maximum absolute atomic E-state index is 6.37. The molecule has 4 heteroatoms. The first-order valence-electron chi connectivity index (χ1n) is 8.49. The summed E-state index contributed by atoms with van der Waals surface area (Å²) >= 11 is 6.37. The van der Waals surface area contributed by atoms with Crippen LogP contribution >= 0.6 is 11.6 Å². The van der Waals surface area contributed by atoms with Crippen LogP contribution in [0.2, 0.25) is 5.02 Å². The Kier molecular flexibility index (Phi) is 7.07. The standard InChI is InChI=1S/C20H27ClN2O/c1-14(2)16-8-5-7-15(3)17(16)9-6-11-22-18-10-12-23-19(13-24-4)20(18)21/h5,7-8,10,12,14H,6,9,11,13H2,1-4H3,(H,22,23). The Morgan fingerprint density at radius 2 is 2.04 bits per heavy atom. The summed E-state index contributed by atoms with van der Waals surface area (Å²) in [6, 6.07) is 8.51. The number of aryl methyl sites for hydroxylation is 1. The van der Waals surface area contributed by atoms with Crippen molar-refractivity contribution in [2.24, 2.45) is 0 Å². The Morgan fingerprint density at radius 3 is 2.75 bits per heavy atom. The highest BCUT2D eigenvalue weighted by atomic mass is 35.5. The minimum absolute atomic E-state index is 0.426. The van der Waals surface area contributed by atoms with Gasteiger partial charge in [-0.25, -0.2) is 0 Å². The number of pyridine rings is 1. The van der Waals surface area contributed by atoms with Gasteiger partial charge in [0.05, 0.1) is 23.0 Å². The molecule has 0 fully saturated rings. The highest BCUT2D eigenvalue weighted by Gasteiger charge is 2.10. The number of benzene rings is 1. The molecule has 130 valence electrons. The summed E-state index contributed by atoms with van der Waals surface area (Å²) in [5, 5.41) is 4.07. The fourth-order valence-electron chi connectivity index (χ4n) is 2.96. The van der Waals surface area contributed by atoms with E-state index in [9.17, 15) is 0 Å². The highest BCUT2D eigenvalue weighted by molar-refractivity contribution is 6.33. The highest BCUT2D eigenvalue weighted by Crippen LogP contribution is 2.26. The molecule has 2 aromatic rings. The molecule has 1 aromatic carbocycles. The maximum Gasteiger partial charge on any atom is 0.0900 e. The van der Waals surface area contributed by atoms with Gasteiger partial charge in [0.25, 0.3) is 0 Å². The van der Waals surface area contributed by atoms with Crippen molar-refractivity contribution in [3.63, 3.8) is 0 Å². The lowest BCUT2D eigenvalue weighted by molar-refractivity contribution is 0.181. The van der Waals surface area contributed by atoms with Crippen LogP contribution in [0.3, 0.4) is 0 Å². The Labute approximate surface area is 150 Å². The molecule has 0 saturated carbocycles. The molecule has 0 aliphatic rings. The number of methoxy groups -OCH3 is 1. The average Bonchev–Trinajstić information content (AvgIpc) is 2.55. The number of nitrogens with one attached hydrogen (secondary N) is 1. The summed E-state index contributed by atoms with van der Waals surface area (Å²) in [5.74, 6) is 0.555. The Balaban J connectivity index is 1.96. The molecule has 1 heterocycles. The quantitative estimate of drug-likeness (QED) is 0.653. The lowest BCUT2D eigenvalue weighted by Crippen LogP contribution is -2.07. The van der Waals surface area contributed by atoms with E-state index >= 15 is 0 Å². The van der Waals surface area contributed by atoms with Crippen LogP contribution in [0.5, 0.6) is 0 Å². The van der Waals surface area contributed by atoms with Crippen LogP contribution in [-0.2, 0) is 17.8 Å². The van der Waals surface area contributed by atoms with E-state index < -0.39 is 0 Å². The van der Waals surface area contributed by atoms with Crippen molar-refractivity contribution in [3.8, 4) is 0 Å². The molecule has 0 aliphatic heterocycles. The number of ether oxygens (including phenoxy) is 1. The van der Waals surface area contributed by atoms with Gasteiger partial charge in [-0.05, 0) is 48.4 Å². The molecule has 0 spiro atoms. The Bertz CT molecular complexity index is 671. The van der Waals surface area contributed by atoms with Crippen LogP contribution in [-0.4, -0.2) is 18.6 Å². The number of hydrogen-bond donors (Lipinski definition) is 1. The van der Waals surface area contributed by atoms with Crippen LogP contribution in [0.4, 0.5) is 5.69 Å². The summed E-state index contributed by atoms with van der Waals surface area (Å²) in [6.45, 7) is 8.01. The lowest BCUT2D eigenvalue weighted by Gasteiger charge is -2.16. The molecule has 0 radical (unpaired) electrons. The molecule has 1 aromatic heterocycles. The zero-order valence-corrected chi connectivity index (χ0v) is 15.8. The van der Waals surface area contributed by atoms with Gasteiger partial charge in [-0.3, -0.25) is 4.98 Å². The molecule has 2 rings (SSSR count). The van der Waals surface area contributed by atoms with Crippen LogP contribution in [0.15, 0.2) is 30.5 Å². The third kappa shape index (κ3) is 4.71. The molecule has 0 saturated heterocycles. The van der Waals surface area contributed by atoms with Gasteiger partial charge in [0.1, 0.15) is 0 Å². The van der Waals surface area contributed by atoms with Gasteiger partial charge in [-0.15, -0.1) is 0 Å². The second-order valence-electron chi connectivity index (χ2n) is 6.38. The zero-order valence-electron chi connectivity index (χ0n) is 15.0. The lowest BCUT2D eigenvalue weighted by atomic mass is 9.91. The Hall–Kier alpha value is -1.58. The van der Waals surface area contributed by atoms with E-state index in [2.05, 4.69) is 49.3 Å². The third-order valence-electron chi connectivity index (χ3n) is 4.23. The van der Waals surface area contributed by atoms with Gasteiger partial charge in [0.15, 0.2) is 0 Å².